The van der Waals surface area contributed by atoms with E-state index in [1.165, 1.54) is 25.9 Å². The van der Waals surface area contributed by atoms with Gasteiger partial charge in [-0.3, -0.25) is 9.79 Å². The fourth-order valence-electron chi connectivity index (χ4n) is 3.13. The van der Waals surface area contributed by atoms with Crippen molar-refractivity contribution in [3.63, 3.8) is 0 Å². The summed E-state index contributed by atoms with van der Waals surface area (Å²) in [5.74, 6) is 1.91. The number of hydrogen-bond donors (Lipinski definition) is 2. The third-order valence-electron chi connectivity index (χ3n) is 4.87. The van der Waals surface area contributed by atoms with Gasteiger partial charge in [0, 0.05) is 39.1 Å². The highest BCUT2D eigenvalue weighted by molar-refractivity contribution is 14.0. The average Bonchev–Trinajstić information content (AvgIpc) is 2.61. The topological polar surface area (TPSA) is 60.0 Å². The zero-order valence-corrected chi connectivity index (χ0v) is 19.6. The van der Waals surface area contributed by atoms with E-state index in [0.29, 0.717) is 13.0 Å². The highest BCUT2D eigenvalue weighted by Crippen LogP contribution is 2.15. The van der Waals surface area contributed by atoms with Crippen molar-refractivity contribution in [3.05, 3.63) is 0 Å². The molecule has 1 aliphatic rings. The number of carbonyl (C=O) groups excluding carboxylic acids is 1. The fourth-order valence-corrected chi connectivity index (χ4v) is 3.13. The number of rotatable bonds is 10. The van der Waals surface area contributed by atoms with E-state index in [4.69, 9.17) is 0 Å². The van der Waals surface area contributed by atoms with Crippen LogP contribution in [-0.2, 0) is 4.79 Å². The first-order chi connectivity index (χ1) is 12.1. The van der Waals surface area contributed by atoms with Crippen LogP contribution in [0.2, 0.25) is 0 Å². The SMILES string of the molecule is CCNC(=NCCCN1CCC(C)CC1)NCCC(=O)N(CC)CC.I. The molecular weight excluding hydrogens is 441 g/mol. The van der Waals surface area contributed by atoms with Crippen LogP contribution in [0.4, 0.5) is 0 Å². The molecule has 2 N–H and O–H groups in total. The molecule has 1 aliphatic heterocycles. The molecular formula is C19H40IN5O. The van der Waals surface area contributed by atoms with Crippen molar-refractivity contribution in [1.29, 1.82) is 0 Å². The Morgan fingerprint density at radius 3 is 2.38 bits per heavy atom. The van der Waals surface area contributed by atoms with Gasteiger partial charge < -0.3 is 20.4 Å². The summed E-state index contributed by atoms with van der Waals surface area (Å²) in [6.07, 6.45) is 4.25. The summed E-state index contributed by atoms with van der Waals surface area (Å²) >= 11 is 0. The molecule has 0 aromatic heterocycles. The second kappa shape index (κ2) is 15.5. The summed E-state index contributed by atoms with van der Waals surface area (Å²) in [4.78, 5) is 21.1. The van der Waals surface area contributed by atoms with E-state index < -0.39 is 0 Å². The van der Waals surface area contributed by atoms with Crippen molar-refractivity contribution in [2.24, 2.45) is 10.9 Å². The molecule has 1 fully saturated rings. The lowest BCUT2D eigenvalue weighted by Gasteiger charge is -2.29. The van der Waals surface area contributed by atoms with Gasteiger partial charge in [0.25, 0.3) is 0 Å². The molecule has 6 nitrogen and oxygen atoms in total. The predicted octanol–water partition coefficient (Wildman–Crippen LogP) is 2.54. The molecule has 0 aromatic rings. The quantitative estimate of drug-likeness (QED) is 0.218. The minimum atomic E-state index is 0. The molecule has 0 aromatic carbocycles. The van der Waals surface area contributed by atoms with Crippen molar-refractivity contribution in [1.82, 2.24) is 20.4 Å². The molecule has 0 unspecified atom stereocenters. The van der Waals surface area contributed by atoms with Crippen molar-refractivity contribution >= 4 is 35.8 Å². The second-order valence-electron chi connectivity index (χ2n) is 6.88. The Balaban J connectivity index is 0.00000625. The number of carbonyl (C=O) groups is 1. The molecule has 154 valence electrons. The minimum Gasteiger partial charge on any atom is -0.357 e. The van der Waals surface area contributed by atoms with Gasteiger partial charge >= 0.3 is 0 Å². The molecule has 0 atom stereocenters. The molecule has 1 amide bonds. The van der Waals surface area contributed by atoms with Crippen LogP contribution in [0.25, 0.3) is 0 Å². The van der Waals surface area contributed by atoms with Crippen molar-refractivity contribution in [2.75, 3.05) is 52.4 Å². The van der Waals surface area contributed by atoms with E-state index in [9.17, 15) is 4.79 Å². The van der Waals surface area contributed by atoms with Gasteiger partial charge in [-0.25, -0.2) is 0 Å². The number of amides is 1. The summed E-state index contributed by atoms with van der Waals surface area (Å²) in [5, 5.41) is 6.53. The lowest BCUT2D eigenvalue weighted by molar-refractivity contribution is -0.130. The van der Waals surface area contributed by atoms with Gasteiger partial charge in [0.1, 0.15) is 0 Å². The van der Waals surface area contributed by atoms with E-state index in [1.807, 2.05) is 18.7 Å². The molecule has 0 radical (unpaired) electrons. The molecule has 1 rings (SSSR count). The Labute approximate surface area is 177 Å². The number of piperidine rings is 1. The van der Waals surface area contributed by atoms with Gasteiger partial charge in [-0.2, -0.15) is 0 Å². The lowest BCUT2D eigenvalue weighted by Crippen LogP contribution is -2.40. The highest BCUT2D eigenvalue weighted by Gasteiger charge is 2.14. The lowest BCUT2D eigenvalue weighted by atomic mass is 9.99. The molecule has 1 heterocycles. The van der Waals surface area contributed by atoms with Gasteiger partial charge in [0.2, 0.25) is 5.91 Å². The van der Waals surface area contributed by atoms with Gasteiger partial charge in [0.15, 0.2) is 5.96 Å². The van der Waals surface area contributed by atoms with Crippen molar-refractivity contribution in [3.8, 4) is 0 Å². The van der Waals surface area contributed by atoms with Gasteiger partial charge in [-0.05, 0) is 65.6 Å². The molecule has 26 heavy (non-hydrogen) atoms. The molecule has 0 saturated carbocycles. The number of likely N-dealkylation sites (tertiary alicyclic amines) is 1. The van der Waals surface area contributed by atoms with Crippen LogP contribution in [0.1, 0.15) is 53.4 Å². The fraction of sp³-hybridized carbons (Fsp3) is 0.895. The zero-order chi connectivity index (χ0) is 18.5. The van der Waals surface area contributed by atoms with Gasteiger partial charge in [-0.1, -0.05) is 6.92 Å². The van der Waals surface area contributed by atoms with Gasteiger partial charge in [-0.15, -0.1) is 24.0 Å². The molecule has 0 aliphatic carbocycles. The highest BCUT2D eigenvalue weighted by atomic mass is 127. The van der Waals surface area contributed by atoms with Crippen molar-refractivity contribution in [2.45, 2.75) is 53.4 Å². The Morgan fingerprint density at radius 2 is 1.81 bits per heavy atom. The first-order valence-electron chi connectivity index (χ1n) is 10.1. The smallest absolute Gasteiger partial charge is 0.224 e. The van der Waals surface area contributed by atoms with Gasteiger partial charge in [0.05, 0.1) is 0 Å². The molecule has 0 bridgehead atoms. The van der Waals surface area contributed by atoms with E-state index >= 15 is 0 Å². The number of nitrogens with one attached hydrogen (secondary N) is 2. The van der Waals surface area contributed by atoms with Crippen LogP contribution in [0.3, 0.4) is 0 Å². The average molecular weight is 481 g/mol. The summed E-state index contributed by atoms with van der Waals surface area (Å²) in [7, 11) is 0. The molecule has 0 spiro atoms. The van der Waals surface area contributed by atoms with Crippen LogP contribution >= 0.6 is 24.0 Å². The number of guanidine groups is 1. The van der Waals surface area contributed by atoms with Crippen LogP contribution in [0, 0.1) is 5.92 Å². The van der Waals surface area contributed by atoms with E-state index in [-0.39, 0.29) is 29.9 Å². The monoisotopic (exact) mass is 481 g/mol. The third-order valence-corrected chi connectivity index (χ3v) is 4.87. The Morgan fingerprint density at radius 1 is 1.15 bits per heavy atom. The summed E-state index contributed by atoms with van der Waals surface area (Å²) in [5.41, 5.74) is 0. The molecule has 7 heteroatoms. The summed E-state index contributed by atoms with van der Waals surface area (Å²) < 4.78 is 0. The third kappa shape index (κ3) is 10.5. The van der Waals surface area contributed by atoms with Crippen LogP contribution in [-0.4, -0.2) is 74.0 Å². The maximum Gasteiger partial charge on any atom is 0.224 e. The van der Waals surface area contributed by atoms with Crippen LogP contribution < -0.4 is 10.6 Å². The Bertz CT molecular complexity index is 393. The predicted molar refractivity (Wildman–Crippen MR) is 121 cm³/mol. The number of hydrogen-bond acceptors (Lipinski definition) is 3. The normalized spacial score (nSPS) is 16.1. The minimum absolute atomic E-state index is 0. The number of nitrogens with zero attached hydrogens (tertiary/aromatic N) is 3. The maximum atomic E-state index is 12.0. The van der Waals surface area contributed by atoms with Crippen LogP contribution in [0.15, 0.2) is 4.99 Å². The van der Waals surface area contributed by atoms with Crippen LogP contribution in [0.5, 0.6) is 0 Å². The summed E-state index contributed by atoms with van der Waals surface area (Å²) in [6.45, 7) is 15.9. The maximum absolute atomic E-state index is 12.0. The second-order valence-corrected chi connectivity index (χ2v) is 6.88. The standard InChI is InChI=1S/C19H39N5O.HI/c1-5-20-19(22-13-9-18(25)24(6-2)7-3)21-12-8-14-23-15-10-17(4)11-16-23;/h17H,5-16H2,1-4H3,(H2,20,21,22);1H. The first-order valence-corrected chi connectivity index (χ1v) is 10.1. The van der Waals surface area contributed by atoms with Crippen molar-refractivity contribution < 1.29 is 4.79 Å². The summed E-state index contributed by atoms with van der Waals surface area (Å²) in [6, 6.07) is 0. The first kappa shape index (κ1) is 25.4. The number of aliphatic imine (C=N–C) groups is 1. The Hall–Kier alpha value is -0.570. The van der Waals surface area contributed by atoms with E-state index in [1.54, 1.807) is 0 Å². The molecule has 1 saturated heterocycles. The zero-order valence-electron chi connectivity index (χ0n) is 17.2. The van der Waals surface area contributed by atoms with E-state index in [2.05, 4.69) is 34.4 Å². The number of halogens is 1. The Kier molecular flexibility index (Phi) is 15.1. The largest absolute Gasteiger partial charge is 0.357 e. The van der Waals surface area contributed by atoms with E-state index in [0.717, 1.165) is 51.0 Å².